The van der Waals surface area contributed by atoms with Crippen LogP contribution in [0.2, 0.25) is 0 Å². The minimum Gasteiger partial charge on any atom is -0.497 e. The fourth-order valence-electron chi connectivity index (χ4n) is 1.00. The van der Waals surface area contributed by atoms with Crippen LogP contribution in [-0.2, 0) is 0 Å². The Morgan fingerprint density at radius 3 is 2.44 bits per heavy atom. The molecule has 0 aliphatic carbocycles. The fraction of sp³-hybridized carbons (Fsp3) is 0.400. The van der Waals surface area contributed by atoms with Crippen molar-refractivity contribution in [2.24, 2.45) is 0 Å². The maximum atomic E-state index is 12.3. The van der Waals surface area contributed by atoms with E-state index in [4.69, 9.17) is 15.2 Å². The number of ether oxygens (including phenoxy) is 2. The van der Waals surface area contributed by atoms with Gasteiger partial charge in [-0.1, -0.05) is 0 Å². The summed E-state index contributed by atoms with van der Waals surface area (Å²) in [5.74, 6) is 0.350. The van der Waals surface area contributed by atoms with Gasteiger partial charge in [-0.25, -0.2) is 0 Å². The van der Waals surface area contributed by atoms with Gasteiger partial charge in [-0.3, -0.25) is 0 Å². The van der Waals surface area contributed by atoms with Gasteiger partial charge in [0.2, 0.25) is 0 Å². The zero-order chi connectivity index (χ0) is 12.3. The molecule has 0 radical (unpaired) electrons. The Morgan fingerprint density at radius 1 is 1.31 bits per heavy atom. The molecule has 1 aromatic carbocycles. The first-order chi connectivity index (χ1) is 7.34. The largest absolute Gasteiger partial charge is 0.497 e. The van der Waals surface area contributed by atoms with Gasteiger partial charge in [-0.05, 0) is 19.1 Å². The quantitative estimate of drug-likeness (QED) is 0.819. The molecule has 0 saturated heterocycles. The number of nitrogen functional groups attached to an aromatic ring is 1. The number of hydrogen-bond acceptors (Lipinski definition) is 3. The molecule has 6 heteroatoms. The molecule has 0 aromatic heterocycles. The third kappa shape index (κ3) is 2.95. The number of rotatable bonds is 3. The van der Waals surface area contributed by atoms with Crippen LogP contribution in [0, 0.1) is 0 Å². The molecule has 2 N–H and O–H groups in total. The lowest BCUT2D eigenvalue weighted by atomic mass is 10.2. The maximum Gasteiger partial charge on any atom is 0.425 e. The highest BCUT2D eigenvalue weighted by atomic mass is 19.4. The monoisotopic (exact) mass is 235 g/mol. The van der Waals surface area contributed by atoms with Crippen molar-refractivity contribution in [1.82, 2.24) is 0 Å². The Labute approximate surface area is 91.0 Å². The first kappa shape index (κ1) is 12.5. The molecule has 0 aliphatic heterocycles. The van der Waals surface area contributed by atoms with Crippen molar-refractivity contribution in [2.75, 3.05) is 12.8 Å². The summed E-state index contributed by atoms with van der Waals surface area (Å²) < 4.78 is 46.3. The molecule has 90 valence electrons. The van der Waals surface area contributed by atoms with Crippen LogP contribution >= 0.6 is 0 Å². The first-order valence-electron chi connectivity index (χ1n) is 4.51. The average molecular weight is 235 g/mol. The topological polar surface area (TPSA) is 44.5 Å². The number of halogens is 3. The lowest BCUT2D eigenvalue weighted by Gasteiger charge is -2.19. The second kappa shape index (κ2) is 4.51. The first-order valence-corrected chi connectivity index (χ1v) is 4.51. The SMILES string of the molecule is COc1ccc(N)c(OC(C)C(F)(F)F)c1. The van der Waals surface area contributed by atoms with Gasteiger partial charge in [-0.2, -0.15) is 13.2 Å². The van der Waals surface area contributed by atoms with E-state index in [1.165, 1.54) is 19.2 Å². The summed E-state index contributed by atoms with van der Waals surface area (Å²) in [6, 6.07) is 4.29. The molecule has 16 heavy (non-hydrogen) atoms. The van der Waals surface area contributed by atoms with Gasteiger partial charge in [-0.15, -0.1) is 0 Å². The van der Waals surface area contributed by atoms with E-state index < -0.39 is 12.3 Å². The van der Waals surface area contributed by atoms with Crippen LogP contribution in [0.4, 0.5) is 18.9 Å². The summed E-state index contributed by atoms with van der Waals surface area (Å²) >= 11 is 0. The number of methoxy groups -OCH3 is 1. The Bertz CT molecular complexity index is 366. The molecule has 0 saturated carbocycles. The number of benzene rings is 1. The standard InChI is InChI=1S/C10H12F3NO2/c1-6(10(11,12)13)16-9-5-7(15-2)3-4-8(9)14/h3-6H,14H2,1-2H3. The van der Waals surface area contributed by atoms with Gasteiger partial charge in [0.05, 0.1) is 12.8 Å². The van der Waals surface area contributed by atoms with Gasteiger partial charge in [0.15, 0.2) is 6.10 Å². The van der Waals surface area contributed by atoms with Crippen LogP contribution in [0.15, 0.2) is 18.2 Å². The van der Waals surface area contributed by atoms with Crippen molar-refractivity contribution in [3.63, 3.8) is 0 Å². The third-order valence-corrected chi connectivity index (χ3v) is 1.99. The Morgan fingerprint density at radius 2 is 1.94 bits per heavy atom. The minimum atomic E-state index is -4.42. The summed E-state index contributed by atoms with van der Waals surface area (Å²) in [7, 11) is 1.41. The van der Waals surface area contributed by atoms with Crippen LogP contribution in [-0.4, -0.2) is 19.4 Å². The molecular weight excluding hydrogens is 223 g/mol. The molecule has 0 fully saturated rings. The zero-order valence-corrected chi connectivity index (χ0v) is 8.84. The van der Waals surface area contributed by atoms with Gasteiger partial charge in [0.25, 0.3) is 0 Å². The predicted octanol–water partition coefficient (Wildman–Crippen LogP) is 2.61. The van der Waals surface area contributed by atoms with Crippen molar-refractivity contribution in [3.8, 4) is 11.5 Å². The highest BCUT2D eigenvalue weighted by molar-refractivity contribution is 5.55. The summed E-state index contributed by atoms with van der Waals surface area (Å²) in [4.78, 5) is 0. The number of nitrogens with two attached hydrogens (primary N) is 1. The Balaban J connectivity index is 2.88. The molecule has 1 atom stereocenters. The highest BCUT2D eigenvalue weighted by Crippen LogP contribution is 2.31. The number of hydrogen-bond donors (Lipinski definition) is 1. The zero-order valence-electron chi connectivity index (χ0n) is 8.84. The molecule has 0 aliphatic rings. The average Bonchev–Trinajstić information content (AvgIpc) is 2.19. The van der Waals surface area contributed by atoms with E-state index in [2.05, 4.69) is 0 Å². The normalized spacial score (nSPS) is 13.3. The van der Waals surface area contributed by atoms with Gasteiger partial charge >= 0.3 is 6.18 Å². The second-order valence-electron chi connectivity index (χ2n) is 3.21. The van der Waals surface area contributed by atoms with Gasteiger partial charge < -0.3 is 15.2 Å². The van der Waals surface area contributed by atoms with Crippen molar-refractivity contribution in [2.45, 2.75) is 19.2 Å². The molecule has 0 bridgehead atoms. The van der Waals surface area contributed by atoms with Crippen LogP contribution in [0.3, 0.4) is 0 Å². The predicted molar refractivity (Wildman–Crippen MR) is 53.6 cm³/mol. The van der Waals surface area contributed by atoms with E-state index >= 15 is 0 Å². The smallest absolute Gasteiger partial charge is 0.425 e. The molecule has 0 heterocycles. The van der Waals surface area contributed by atoms with E-state index in [1.54, 1.807) is 6.07 Å². The van der Waals surface area contributed by atoms with Crippen molar-refractivity contribution in [1.29, 1.82) is 0 Å². The summed E-state index contributed by atoms with van der Waals surface area (Å²) in [6.45, 7) is 0.916. The van der Waals surface area contributed by atoms with E-state index in [0.717, 1.165) is 6.92 Å². The van der Waals surface area contributed by atoms with Crippen LogP contribution in [0.5, 0.6) is 11.5 Å². The van der Waals surface area contributed by atoms with E-state index in [9.17, 15) is 13.2 Å². The molecular formula is C10H12F3NO2. The summed E-state index contributed by atoms with van der Waals surface area (Å²) in [5.41, 5.74) is 5.62. The summed E-state index contributed by atoms with van der Waals surface area (Å²) in [6.07, 6.45) is -6.34. The van der Waals surface area contributed by atoms with E-state index in [0.29, 0.717) is 5.75 Å². The molecule has 3 nitrogen and oxygen atoms in total. The Kier molecular flexibility index (Phi) is 3.51. The van der Waals surface area contributed by atoms with Crippen LogP contribution < -0.4 is 15.2 Å². The van der Waals surface area contributed by atoms with E-state index in [-0.39, 0.29) is 11.4 Å². The van der Waals surface area contributed by atoms with Crippen molar-refractivity contribution >= 4 is 5.69 Å². The van der Waals surface area contributed by atoms with Crippen LogP contribution in [0.1, 0.15) is 6.92 Å². The fourth-order valence-corrected chi connectivity index (χ4v) is 1.00. The van der Waals surface area contributed by atoms with Crippen LogP contribution in [0.25, 0.3) is 0 Å². The third-order valence-electron chi connectivity index (χ3n) is 1.99. The lowest BCUT2D eigenvalue weighted by Crippen LogP contribution is -2.31. The number of anilines is 1. The van der Waals surface area contributed by atoms with Gasteiger partial charge in [0, 0.05) is 6.07 Å². The molecule has 1 aromatic rings. The minimum absolute atomic E-state index is 0.0378. The number of alkyl halides is 3. The lowest BCUT2D eigenvalue weighted by molar-refractivity contribution is -0.189. The second-order valence-corrected chi connectivity index (χ2v) is 3.21. The molecule has 1 unspecified atom stereocenters. The highest BCUT2D eigenvalue weighted by Gasteiger charge is 2.38. The molecule has 0 amide bonds. The van der Waals surface area contributed by atoms with E-state index in [1.807, 2.05) is 0 Å². The van der Waals surface area contributed by atoms with Crippen molar-refractivity contribution in [3.05, 3.63) is 18.2 Å². The summed E-state index contributed by atoms with van der Waals surface area (Å²) in [5, 5.41) is 0. The van der Waals surface area contributed by atoms with Gasteiger partial charge in [0.1, 0.15) is 11.5 Å². The molecule has 1 rings (SSSR count). The molecule has 0 spiro atoms. The van der Waals surface area contributed by atoms with Crippen molar-refractivity contribution < 1.29 is 22.6 Å². The Hall–Kier alpha value is -1.59. The maximum absolute atomic E-state index is 12.3.